The molecule has 0 spiro atoms. The first-order valence-electron chi connectivity index (χ1n) is 6.34. The molecule has 22 heavy (non-hydrogen) atoms. The minimum absolute atomic E-state index is 0.0934. The minimum atomic E-state index is -3.99. The standard InChI is InChI=1S/C11H17NO7S3/c1-18-4-5-19-3-2-8-10(13)7-6-9(22(12,16)17)20-11(7)21(8,14)15/h6,8,10,13H,2-5H2,1H3,(H2,12,16,17). The molecule has 126 valence electrons. The predicted octanol–water partition coefficient (Wildman–Crippen LogP) is -0.362. The molecule has 0 fully saturated rings. The van der Waals surface area contributed by atoms with E-state index in [0.29, 0.717) is 24.6 Å². The molecule has 0 radical (unpaired) electrons. The van der Waals surface area contributed by atoms with Gasteiger partial charge in [0.2, 0.25) is 10.0 Å². The van der Waals surface area contributed by atoms with Gasteiger partial charge in [0.1, 0.15) is 8.42 Å². The van der Waals surface area contributed by atoms with E-state index < -0.39 is 31.2 Å². The van der Waals surface area contributed by atoms with Gasteiger partial charge in [0.05, 0.1) is 24.6 Å². The predicted molar refractivity (Wildman–Crippen MR) is 78.9 cm³/mol. The van der Waals surface area contributed by atoms with E-state index in [4.69, 9.17) is 14.6 Å². The Labute approximate surface area is 132 Å². The quantitative estimate of drug-likeness (QED) is 0.625. The Morgan fingerprint density at radius 1 is 1.36 bits per heavy atom. The van der Waals surface area contributed by atoms with Crippen molar-refractivity contribution in [2.45, 2.75) is 26.2 Å². The second kappa shape index (κ2) is 6.51. The molecule has 0 saturated carbocycles. The third kappa shape index (κ3) is 3.35. The highest BCUT2D eigenvalue weighted by atomic mass is 32.3. The molecule has 2 heterocycles. The lowest BCUT2D eigenvalue weighted by molar-refractivity contribution is 0.0630. The summed E-state index contributed by atoms with van der Waals surface area (Å²) in [6.45, 7) is 0.878. The summed E-state index contributed by atoms with van der Waals surface area (Å²) in [6, 6.07) is 1.13. The minimum Gasteiger partial charge on any atom is -0.387 e. The summed E-state index contributed by atoms with van der Waals surface area (Å²) in [5.41, 5.74) is 0.0934. The molecule has 0 saturated heterocycles. The number of ether oxygens (including phenoxy) is 2. The Morgan fingerprint density at radius 2 is 2.05 bits per heavy atom. The van der Waals surface area contributed by atoms with Crippen LogP contribution in [0.15, 0.2) is 14.5 Å². The average molecular weight is 371 g/mol. The van der Waals surface area contributed by atoms with Gasteiger partial charge in [0, 0.05) is 19.3 Å². The lowest BCUT2D eigenvalue weighted by Crippen LogP contribution is -2.23. The fourth-order valence-corrected chi connectivity index (χ4v) is 6.81. The van der Waals surface area contributed by atoms with Crippen LogP contribution in [-0.4, -0.2) is 54.1 Å². The van der Waals surface area contributed by atoms with Gasteiger partial charge < -0.3 is 14.6 Å². The van der Waals surface area contributed by atoms with Gasteiger partial charge in [-0.1, -0.05) is 0 Å². The van der Waals surface area contributed by atoms with Crippen molar-refractivity contribution in [1.82, 2.24) is 0 Å². The fourth-order valence-electron chi connectivity index (χ4n) is 2.20. The lowest BCUT2D eigenvalue weighted by atomic mass is 10.1. The van der Waals surface area contributed by atoms with Gasteiger partial charge in [0.15, 0.2) is 9.84 Å². The molecule has 0 aromatic carbocycles. The molecule has 0 bridgehead atoms. The van der Waals surface area contributed by atoms with Crippen molar-refractivity contribution in [2.75, 3.05) is 26.9 Å². The van der Waals surface area contributed by atoms with E-state index in [9.17, 15) is 21.9 Å². The van der Waals surface area contributed by atoms with Crippen LogP contribution in [0.5, 0.6) is 0 Å². The molecule has 2 unspecified atom stereocenters. The van der Waals surface area contributed by atoms with Gasteiger partial charge in [0.25, 0.3) is 0 Å². The monoisotopic (exact) mass is 371 g/mol. The van der Waals surface area contributed by atoms with Crippen LogP contribution in [0.25, 0.3) is 0 Å². The van der Waals surface area contributed by atoms with E-state index in [2.05, 4.69) is 0 Å². The van der Waals surface area contributed by atoms with Crippen molar-refractivity contribution >= 4 is 31.2 Å². The summed E-state index contributed by atoms with van der Waals surface area (Å²) in [7, 11) is -6.26. The van der Waals surface area contributed by atoms with Crippen LogP contribution in [0.2, 0.25) is 0 Å². The molecule has 1 aromatic heterocycles. The Morgan fingerprint density at radius 3 is 2.59 bits per heavy atom. The zero-order valence-electron chi connectivity index (χ0n) is 11.8. The highest BCUT2D eigenvalue weighted by Gasteiger charge is 2.46. The molecule has 0 amide bonds. The van der Waals surface area contributed by atoms with Crippen molar-refractivity contribution in [3.05, 3.63) is 11.6 Å². The number of aliphatic hydroxyl groups is 1. The summed E-state index contributed by atoms with van der Waals surface area (Å²) in [6.07, 6.45) is -1.17. The molecule has 11 heteroatoms. The molecular weight excluding hydrogens is 354 g/mol. The smallest absolute Gasteiger partial charge is 0.247 e. The summed E-state index contributed by atoms with van der Waals surface area (Å²) >= 11 is 0.569. The molecule has 1 aliphatic heterocycles. The number of aliphatic hydroxyl groups excluding tert-OH is 1. The Kier molecular flexibility index (Phi) is 5.27. The number of rotatable bonds is 7. The van der Waals surface area contributed by atoms with Gasteiger partial charge in [-0.25, -0.2) is 22.0 Å². The maximum absolute atomic E-state index is 12.4. The van der Waals surface area contributed by atoms with Gasteiger partial charge in [-0.3, -0.25) is 0 Å². The van der Waals surface area contributed by atoms with Crippen LogP contribution in [0.3, 0.4) is 0 Å². The third-order valence-corrected chi connectivity index (χ3v) is 8.64. The number of thiophene rings is 1. The van der Waals surface area contributed by atoms with Crippen LogP contribution in [0, 0.1) is 0 Å². The third-order valence-electron chi connectivity index (χ3n) is 3.29. The molecule has 2 rings (SSSR count). The fraction of sp³-hybridized carbons (Fsp3) is 0.636. The van der Waals surface area contributed by atoms with E-state index in [-0.39, 0.29) is 27.0 Å². The van der Waals surface area contributed by atoms with Crippen LogP contribution in [0.4, 0.5) is 0 Å². The first-order chi connectivity index (χ1) is 10.2. The van der Waals surface area contributed by atoms with Crippen molar-refractivity contribution in [3.8, 4) is 0 Å². The highest BCUT2D eigenvalue weighted by molar-refractivity contribution is 7.95. The lowest BCUT2D eigenvalue weighted by Gasteiger charge is -2.14. The van der Waals surface area contributed by atoms with Gasteiger partial charge in [-0.15, -0.1) is 11.3 Å². The first-order valence-corrected chi connectivity index (χ1v) is 10.3. The summed E-state index contributed by atoms with van der Waals surface area (Å²) in [4.78, 5) is 0. The molecule has 1 aliphatic rings. The summed E-state index contributed by atoms with van der Waals surface area (Å²) in [5.74, 6) is 0. The normalized spacial score (nSPS) is 23.6. The van der Waals surface area contributed by atoms with Crippen LogP contribution in [-0.2, 0) is 29.3 Å². The molecule has 2 atom stereocenters. The molecule has 1 aromatic rings. The first kappa shape index (κ1) is 17.8. The van der Waals surface area contributed by atoms with E-state index in [1.165, 1.54) is 7.11 Å². The Bertz CT molecular complexity index is 738. The number of primary sulfonamides is 1. The maximum atomic E-state index is 12.4. The molecule has 8 nitrogen and oxygen atoms in total. The zero-order chi connectivity index (χ0) is 16.5. The van der Waals surface area contributed by atoms with Crippen LogP contribution in [0.1, 0.15) is 18.1 Å². The van der Waals surface area contributed by atoms with Crippen LogP contribution < -0.4 is 5.14 Å². The molecular formula is C11H17NO7S3. The number of fused-ring (bicyclic) bond motifs is 1. The number of methoxy groups -OCH3 is 1. The maximum Gasteiger partial charge on any atom is 0.247 e. The van der Waals surface area contributed by atoms with Crippen LogP contribution >= 0.6 is 11.3 Å². The number of hydrogen-bond donors (Lipinski definition) is 2. The number of hydrogen-bond acceptors (Lipinski definition) is 8. The Balaban J connectivity index is 2.16. The average Bonchev–Trinajstić information content (AvgIpc) is 2.93. The number of sulfonamides is 1. The van der Waals surface area contributed by atoms with Gasteiger partial charge in [-0.05, 0) is 12.5 Å². The van der Waals surface area contributed by atoms with E-state index in [0.717, 1.165) is 6.07 Å². The second-order valence-corrected chi connectivity index (χ2v) is 9.98. The van der Waals surface area contributed by atoms with Gasteiger partial charge in [-0.2, -0.15) is 0 Å². The molecule has 3 N–H and O–H groups in total. The highest BCUT2D eigenvalue weighted by Crippen LogP contribution is 2.46. The Hall–Kier alpha value is -0.560. The van der Waals surface area contributed by atoms with Crippen molar-refractivity contribution in [3.63, 3.8) is 0 Å². The van der Waals surface area contributed by atoms with Crippen molar-refractivity contribution in [1.29, 1.82) is 0 Å². The number of sulfone groups is 1. The van der Waals surface area contributed by atoms with Crippen molar-refractivity contribution < 1.29 is 31.4 Å². The second-order valence-electron chi connectivity index (χ2n) is 4.78. The molecule has 0 aliphatic carbocycles. The van der Waals surface area contributed by atoms with E-state index in [1.807, 2.05) is 0 Å². The SMILES string of the molecule is COCCOCCC1C(O)c2cc(S(N)(=O)=O)sc2S1(=O)=O. The van der Waals surface area contributed by atoms with Gasteiger partial charge >= 0.3 is 0 Å². The summed E-state index contributed by atoms with van der Waals surface area (Å²) in [5, 5.41) is 14.1. The van der Waals surface area contributed by atoms with E-state index in [1.54, 1.807) is 0 Å². The number of nitrogens with two attached hydrogens (primary N) is 1. The zero-order valence-corrected chi connectivity index (χ0v) is 14.2. The van der Waals surface area contributed by atoms with Crippen molar-refractivity contribution in [2.24, 2.45) is 5.14 Å². The van der Waals surface area contributed by atoms with E-state index >= 15 is 0 Å². The largest absolute Gasteiger partial charge is 0.387 e. The topological polar surface area (TPSA) is 133 Å². The summed E-state index contributed by atoms with van der Waals surface area (Å²) < 4.78 is 57.0.